The van der Waals surface area contributed by atoms with Crippen molar-refractivity contribution in [3.05, 3.63) is 70.8 Å². The molecule has 6 rings (SSSR count). The first-order valence-corrected chi connectivity index (χ1v) is 14.2. The maximum absolute atomic E-state index is 13.2. The van der Waals surface area contributed by atoms with Gasteiger partial charge in [-0.05, 0) is 36.6 Å². The van der Waals surface area contributed by atoms with Crippen molar-refractivity contribution in [2.45, 2.75) is 32.0 Å². The van der Waals surface area contributed by atoms with Crippen LogP contribution in [-0.2, 0) is 16.4 Å². The molecule has 2 aliphatic heterocycles. The molecular weight excluding hydrogens is 516 g/mol. The van der Waals surface area contributed by atoms with Gasteiger partial charge in [-0.3, -0.25) is 9.48 Å². The Labute approximate surface area is 217 Å². The van der Waals surface area contributed by atoms with Gasteiger partial charge in [0, 0.05) is 43.2 Å². The van der Waals surface area contributed by atoms with Crippen LogP contribution in [0.1, 0.15) is 24.4 Å². The number of ether oxygens (including phenoxy) is 1. The number of hydrogen-bond donors (Lipinski definition) is 0. The number of benzene rings is 2. The molecule has 1 saturated heterocycles. The lowest BCUT2D eigenvalue weighted by molar-refractivity contribution is -0.0508. The fourth-order valence-electron chi connectivity index (χ4n) is 5.34. The molecule has 0 amide bonds. The van der Waals surface area contributed by atoms with Crippen LogP contribution in [-0.4, -0.2) is 59.0 Å². The van der Waals surface area contributed by atoms with E-state index in [1.807, 2.05) is 21.7 Å². The minimum atomic E-state index is -3.01. The molecule has 2 aromatic heterocycles. The summed E-state index contributed by atoms with van der Waals surface area (Å²) in [5.74, 6) is 0.727. The van der Waals surface area contributed by atoms with Crippen molar-refractivity contribution < 1.29 is 21.9 Å². The van der Waals surface area contributed by atoms with Gasteiger partial charge in [-0.15, -0.1) is 0 Å². The molecule has 1 fully saturated rings. The average Bonchev–Trinajstić information content (AvgIpc) is 3.20. The first-order chi connectivity index (χ1) is 18.3. The lowest BCUT2D eigenvalue weighted by atomic mass is 9.99. The van der Waals surface area contributed by atoms with Gasteiger partial charge in [0.1, 0.15) is 5.75 Å². The fraction of sp³-hybridized carbons (Fsp3) is 0.346. The largest absolute Gasteiger partial charge is 0.434 e. The Hall–Kier alpha value is -3.80. The predicted octanol–water partition coefficient (Wildman–Crippen LogP) is 3.48. The van der Waals surface area contributed by atoms with Crippen LogP contribution in [0.2, 0.25) is 0 Å². The highest BCUT2D eigenvalue weighted by molar-refractivity contribution is 7.91. The second-order valence-corrected chi connectivity index (χ2v) is 11.8. The molecule has 1 atom stereocenters. The zero-order valence-corrected chi connectivity index (χ0v) is 21.2. The van der Waals surface area contributed by atoms with Gasteiger partial charge in [0.15, 0.2) is 9.84 Å². The molecule has 9 nitrogen and oxygen atoms in total. The molecule has 2 aromatic carbocycles. The molecule has 12 heteroatoms. The number of hydrogen-bond acceptors (Lipinski definition) is 7. The average molecular weight is 542 g/mol. The van der Waals surface area contributed by atoms with Crippen LogP contribution < -0.4 is 15.2 Å². The second-order valence-electron chi connectivity index (χ2n) is 9.49. The second kappa shape index (κ2) is 9.50. The van der Waals surface area contributed by atoms with E-state index in [2.05, 4.69) is 9.97 Å². The number of nitrogens with zero attached hydrogens (tertiary/aromatic N) is 5. The molecular formula is C26H25F2N5O4S. The molecule has 0 aliphatic carbocycles. The molecule has 0 saturated carbocycles. The van der Waals surface area contributed by atoms with E-state index < -0.39 is 16.4 Å². The summed E-state index contributed by atoms with van der Waals surface area (Å²) in [6.45, 7) is -1.72. The number of aromatic nitrogens is 4. The van der Waals surface area contributed by atoms with Crippen molar-refractivity contribution >= 4 is 26.7 Å². The molecule has 1 unspecified atom stereocenters. The van der Waals surface area contributed by atoms with Crippen LogP contribution in [0.15, 0.2) is 59.7 Å². The zero-order chi connectivity index (χ0) is 26.4. The lowest BCUT2D eigenvalue weighted by Crippen LogP contribution is -2.41. The number of anilines is 1. The predicted molar refractivity (Wildman–Crippen MR) is 139 cm³/mol. The van der Waals surface area contributed by atoms with E-state index in [1.165, 1.54) is 6.07 Å². The summed E-state index contributed by atoms with van der Waals surface area (Å²) in [6, 6.07) is 11.9. The standard InChI is InChI=1S/C26H25F2N5O4S/c27-25(28)37-23-6-2-1-4-19(23)21-5-3-9-32-24(34)20-8-7-17(14-22(20)33(21)32)18-15-29-26(30-16-18)31-10-12-38(35,36)13-11-31/h1-2,4,6-8,14-16,21,25H,3,5,9-13H2. The Balaban J connectivity index is 1.38. The minimum Gasteiger partial charge on any atom is -0.434 e. The van der Waals surface area contributed by atoms with Crippen molar-refractivity contribution in [1.82, 2.24) is 19.3 Å². The van der Waals surface area contributed by atoms with Gasteiger partial charge in [-0.25, -0.2) is 23.1 Å². The summed E-state index contributed by atoms with van der Waals surface area (Å²) in [6.07, 6.45) is 4.76. The SMILES string of the molecule is O=c1c2ccc(-c3cnc(N4CCS(=O)(=O)CC4)nc3)cc2n2n1CCCC2c1ccccc1OC(F)F. The maximum Gasteiger partial charge on any atom is 0.387 e. The Morgan fingerprint density at radius 3 is 2.45 bits per heavy atom. The normalized spacial score (nSPS) is 19.0. The van der Waals surface area contributed by atoms with Crippen molar-refractivity contribution in [2.24, 2.45) is 0 Å². The first-order valence-electron chi connectivity index (χ1n) is 12.4. The molecule has 0 radical (unpaired) electrons. The highest BCUT2D eigenvalue weighted by atomic mass is 32.2. The van der Waals surface area contributed by atoms with E-state index >= 15 is 0 Å². The third kappa shape index (κ3) is 4.42. The van der Waals surface area contributed by atoms with E-state index in [1.54, 1.807) is 41.3 Å². The number of fused-ring (bicyclic) bond motifs is 3. The summed E-state index contributed by atoms with van der Waals surface area (Å²) in [5, 5.41) is 0.542. The smallest absolute Gasteiger partial charge is 0.387 e. The molecule has 198 valence electrons. The van der Waals surface area contributed by atoms with Crippen LogP contribution in [0.25, 0.3) is 22.0 Å². The summed E-state index contributed by atoms with van der Waals surface area (Å²) in [4.78, 5) is 24.0. The Kier molecular flexibility index (Phi) is 6.13. The third-order valence-corrected chi connectivity index (χ3v) is 8.81. The Morgan fingerprint density at radius 2 is 1.71 bits per heavy atom. The van der Waals surface area contributed by atoms with Crippen LogP contribution in [0.5, 0.6) is 5.75 Å². The number of sulfone groups is 1. The van der Waals surface area contributed by atoms with E-state index in [4.69, 9.17) is 4.74 Å². The maximum atomic E-state index is 13.2. The van der Waals surface area contributed by atoms with Gasteiger partial charge in [0.25, 0.3) is 5.56 Å². The van der Waals surface area contributed by atoms with Crippen molar-refractivity contribution in [1.29, 1.82) is 0 Å². The van der Waals surface area contributed by atoms with Crippen LogP contribution >= 0.6 is 0 Å². The van der Waals surface area contributed by atoms with Crippen LogP contribution in [0.4, 0.5) is 14.7 Å². The van der Waals surface area contributed by atoms with E-state index in [9.17, 15) is 22.0 Å². The van der Waals surface area contributed by atoms with Crippen molar-refractivity contribution in [3.63, 3.8) is 0 Å². The van der Waals surface area contributed by atoms with E-state index in [-0.39, 0.29) is 28.9 Å². The van der Waals surface area contributed by atoms with Gasteiger partial charge >= 0.3 is 6.61 Å². The highest BCUT2D eigenvalue weighted by Crippen LogP contribution is 2.37. The Morgan fingerprint density at radius 1 is 0.974 bits per heavy atom. The molecule has 0 spiro atoms. The number of rotatable bonds is 5. The monoisotopic (exact) mass is 541 g/mol. The molecule has 0 bridgehead atoms. The summed E-state index contributed by atoms with van der Waals surface area (Å²) >= 11 is 0. The molecule has 0 N–H and O–H groups in total. The van der Waals surface area contributed by atoms with Gasteiger partial charge in [0.2, 0.25) is 5.95 Å². The highest BCUT2D eigenvalue weighted by Gasteiger charge is 2.29. The fourth-order valence-corrected chi connectivity index (χ4v) is 6.54. The quantitative estimate of drug-likeness (QED) is 0.382. The zero-order valence-electron chi connectivity index (χ0n) is 20.3. The summed E-state index contributed by atoms with van der Waals surface area (Å²) in [7, 11) is -3.01. The van der Waals surface area contributed by atoms with Gasteiger partial charge in [-0.1, -0.05) is 24.3 Å². The number of halogens is 2. The topological polar surface area (TPSA) is 99.3 Å². The number of alkyl halides is 2. The van der Waals surface area contributed by atoms with Gasteiger partial charge in [0.05, 0.1) is 28.5 Å². The minimum absolute atomic E-state index is 0.0793. The first kappa shape index (κ1) is 24.5. The summed E-state index contributed by atoms with van der Waals surface area (Å²) in [5.41, 5.74) is 2.69. The van der Waals surface area contributed by atoms with Crippen LogP contribution in [0, 0.1) is 0 Å². The third-order valence-electron chi connectivity index (χ3n) is 7.21. The van der Waals surface area contributed by atoms with Crippen molar-refractivity contribution in [3.8, 4) is 16.9 Å². The van der Waals surface area contributed by atoms with Crippen LogP contribution in [0.3, 0.4) is 0 Å². The molecule has 4 heterocycles. The molecule has 4 aromatic rings. The van der Waals surface area contributed by atoms with Gasteiger partial charge in [-0.2, -0.15) is 8.78 Å². The van der Waals surface area contributed by atoms with Crippen molar-refractivity contribution in [2.75, 3.05) is 29.5 Å². The summed E-state index contributed by atoms with van der Waals surface area (Å²) < 4.78 is 58.1. The lowest BCUT2D eigenvalue weighted by Gasteiger charge is -2.29. The molecule has 2 aliphatic rings. The van der Waals surface area contributed by atoms with Gasteiger partial charge < -0.3 is 9.64 Å². The van der Waals surface area contributed by atoms with E-state index in [0.717, 1.165) is 17.5 Å². The Bertz CT molecular complexity index is 1650. The molecule has 38 heavy (non-hydrogen) atoms. The number of para-hydroxylation sites is 1. The van der Waals surface area contributed by atoms with E-state index in [0.29, 0.717) is 48.5 Å².